The summed E-state index contributed by atoms with van der Waals surface area (Å²) in [5.41, 5.74) is 2.14. The number of hydrogen-bond donors (Lipinski definition) is 3. The minimum Gasteiger partial charge on any atom is -0.506 e. The van der Waals surface area contributed by atoms with Crippen LogP contribution >= 0.6 is 11.8 Å². The highest BCUT2D eigenvalue weighted by molar-refractivity contribution is 7.99. The third-order valence-electron chi connectivity index (χ3n) is 8.42. The monoisotopic (exact) mass is 762 g/mol. The SMILES string of the molecule is O=C(NS(=O)(=O)c1ccc(NCCSc2ccccc2)c([N+](=O)[O-])c1)c1ccc(N2CCN(C(=O)c3ccccc3C#Cc3cncc(O)c3)CC2)cc1. The summed E-state index contributed by atoms with van der Waals surface area (Å²) in [4.78, 5) is 46.0. The molecule has 2 amide bonds. The molecule has 0 bridgehead atoms. The summed E-state index contributed by atoms with van der Waals surface area (Å²) in [6.45, 7) is 2.31. The summed E-state index contributed by atoms with van der Waals surface area (Å²) in [6.07, 6.45) is 2.84. The van der Waals surface area contributed by atoms with Crippen LogP contribution in [0.25, 0.3) is 0 Å². The first kappa shape index (κ1) is 37.4. The second-order valence-corrected chi connectivity index (χ2v) is 14.9. The summed E-state index contributed by atoms with van der Waals surface area (Å²) in [5, 5.41) is 24.5. The van der Waals surface area contributed by atoms with Crippen molar-refractivity contribution in [3.8, 4) is 17.6 Å². The molecule has 1 aromatic heterocycles. The fraction of sp³-hybridized carbons (Fsp3) is 0.154. The molecule has 274 valence electrons. The Morgan fingerprint density at radius 2 is 1.61 bits per heavy atom. The molecule has 0 atom stereocenters. The molecule has 4 aromatic carbocycles. The molecule has 5 aromatic rings. The van der Waals surface area contributed by atoms with Gasteiger partial charge in [-0.2, -0.15) is 0 Å². The number of rotatable bonds is 11. The van der Waals surface area contributed by atoms with Gasteiger partial charge in [0.15, 0.2) is 0 Å². The maximum Gasteiger partial charge on any atom is 0.293 e. The van der Waals surface area contributed by atoms with E-state index in [1.165, 1.54) is 42.7 Å². The largest absolute Gasteiger partial charge is 0.506 e. The molecule has 1 fully saturated rings. The summed E-state index contributed by atoms with van der Waals surface area (Å²) in [5.74, 6) is 5.53. The fourth-order valence-corrected chi connectivity index (χ4v) is 7.45. The minimum absolute atomic E-state index is 0.000371. The van der Waals surface area contributed by atoms with Crippen LogP contribution in [0.15, 0.2) is 125 Å². The average Bonchev–Trinajstić information content (AvgIpc) is 3.19. The number of sulfonamides is 1. The predicted octanol–water partition coefficient (Wildman–Crippen LogP) is 5.38. The van der Waals surface area contributed by atoms with E-state index in [9.17, 15) is 33.2 Å². The molecule has 0 saturated carbocycles. The van der Waals surface area contributed by atoms with E-state index in [1.54, 1.807) is 53.1 Å². The number of aromatic nitrogens is 1. The van der Waals surface area contributed by atoms with Crippen molar-refractivity contribution in [2.45, 2.75) is 9.79 Å². The third-order valence-corrected chi connectivity index (χ3v) is 10.8. The normalized spacial score (nSPS) is 12.7. The Balaban J connectivity index is 1.04. The Hall–Kier alpha value is -6.37. The van der Waals surface area contributed by atoms with Crippen LogP contribution in [-0.2, 0) is 10.0 Å². The standard InChI is InChI=1S/C39H34N6O7S2/c46-32-24-28(26-40-27-32)10-11-29-6-4-5-9-35(29)39(48)44-21-19-43(20-22-44)31-14-12-30(13-15-31)38(47)42-54(51,52)34-16-17-36(37(25-34)45(49)50)41-18-23-53-33-7-2-1-3-8-33/h1-9,12-17,24-27,41,46H,18-23H2,(H,42,47). The van der Waals surface area contributed by atoms with E-state index in [0.717, 1.165) is 16.6 Å². The van der Waals surface area contributed by atoms with Crippen molar-refractivity contribution >= 4 is 50.7 Å². The van der Waals surface area contributed by atoms with Crippen LogP contribution in [0.2, 0.25) is 0 Å². The van der Waals surface area contributed by atoms with Crippen LogP contribution in [0.3, 0.4) is 0 Å². The number of carbonyl (C=O) groups is 2. The van der Waals surface area contributed by atoms with E-state index in [4.69, 9.17) is 0 Å². The summed E-state index contributed by atoms with van der Waals surface area (Å²) >= 11 is 1.57. The van der Waals surface area contributed by atoms with E-state index < -0.39 is 31.4 Å². The molecule has 15 heteroatoms. The fourth-order valence-electron chi connectivity index (χ4n) is 5.67. The summed E-state index contributed by atoms with van der Waals surface area (Å²) < 4.78 is 28.2. The van der Waals surface area contributed by atoms with Crippen molar-refractivity contribution in [2.24, 2.45) is 0 Å². The zero-order chi connectivity index (χ0) is 38.1. The van der Waals surface area contributed by atoms with Gasteiger partial charge in [-0.15, -0.1) is 11.8 Å². The lowest BCUT2D eigenvalue weighted by molar-refractivity contribution is -0.384. The molecule has 3 N–H and O–H groups in total. The average molecular weight is 763 g/mol. The number of carbonyl (C=O) groups excluding carboxylic acids is 2. The van der Waals surface area contributed by atoms with Crippen molar-refractivity contribution in [2.75, 3.05) is 48.7 Å². The second kappa shape index (κ2) is 17.0. The van der Waals surface area contributed by atoms with Crippen molar-refractivity contribution in [3.05, 3.63) is 148 Å². The van der Waals surface area contributed by atoms with Gasteiger partial charge in [-0.3, -0.25) is 24.7 Å². The molecule has 0 radical (unpaired) electrons. The number of nitrogens with one attached hydrogen (secondary N) is 2. The van der Waals surface area contributed by atoms with Crippen LogP contribution in [-0.4, -0.2) is 78.6 Å². The number of amides is 2. The van der Waals surface area contributed by atoms with Crippen LogP contribution < -0.4 is 14.9 Å². The highest BCUT2D eigenvalue weighted by Crippen LogP contribution is 2.28. The van der Waals surface area contributed by atoms with Gasteiger partial charge >= 0.3 is 0 Å². The van der Waals surface area contributed by atoms with Crippen LogP contribution in [0.5, 0.6) is 5.75 Å². The van der Waals surface area contributed by atoms with Crippen LogP contribution in [0.4, 0.5) is 17.1 Å². The van der Waals surface area contributed by atoms with E-state index in [2.05, 4.69) is 27.0 Å². The molecule has 0 aliphatic carbocycles. The first-order valence-corrected chi connectivity index (χ1v) is 19.2. The molecular formula is C39H34N6O7S2. The number of aromatic hydroxyl groups is 1. The van der Waals surface area contributed by atoms with Gasteiger partial charge in [0.05, 0.1) is 21.6 Å². The minimum atomic E-state index is -4.44. The van der Waals surface area contributed by atoms with E-state index in [0.29, 0.717) is 55.2 Å². The van der Waals surface area contributed by atoms with Gasteiger partial charge in [0.2, 0.25) is 0 Å². The van der Waals surface area contributed by atoms with Gasteiger partial charge in [-0.05, 0) is 66.7 Å². The first-order chi connectivity index (χ1) is 26.1. The van der Waals surface area contributed by atoms with Crippen LogP contribution in [0, 0.1) is 22.0 Å². The zero-order valence-corrected chi connectivity index (χ0v) is 30.3. The molecule has 0 unspecified atom stereocenters. The predicted molar refractivity (Wildman–Crippen MR) is 206 cm³/mol. The summed E-state index contributed by atoms with van der Waals surface area (Å²) in [6, 6.07) is 28.1. The Labute approximate surface area is 316 Å². The van der Waals surface area contributed by atoms with Gasteiger partial charge in [-0.25, -0.2) is 13.1 Å². The molecule has 1 aliphatic rings. The zero-order valence-electron chi connectivity index (χ0n) is 28.7. The molecule has 13 nitrogen and oxygen atoms in total. The number of thioether (sulfide) groups is 1. The van der Waals surface area contributed by atoms with E-state index in [1.807, 2.05) is 35.1 Å². The molecule has 54 heavy (non-hydrogen) atoms. The quantitative estimate of drug-likeness (QED) is 0.0518. The second-order valence-electron chi connectivity index (χ2n) is 12.0. The topological polar surface area (TPSA) is 175 Å². The lowest BCUT2D eigenvalue weighted by atomic mass is 10.1. The van der Waals surface area contributed by atoms with Crippen molar-refractivity contribution < 1.29 is 28.0 Å². The number of nitro benzene ring substituents is 1. The maximum absolute atomic E-state index is 13.5. The molecule has 1 aliphatic heterocycles. The highest BCUT2D eigenvalue weighted by atomic mass is 32.2. The lowest BCUT2D eigenvalue weighted by Gasteiger charge is -2.36. The Morgan fingerprint density at radius 3 is 2.33 bits per heavy atom. The van der Waals surface area contributed by atoms with Gasteiger partial charge < -0.3 is 20.2 Å². The van der Waals surface area contributed by atoms with Gasteiger partial charge in [0, 0.05) is 78.0 Å². The lowest BCUT2D eigenvalue weighted by Crippen LogP contribution is -2.49. The van der Waals surface area contributed by atoms with Crippen LogP contribution in [0.1, 0.15) is 31.8 Å². The van der Waals surface area contributed by atoms with Crippen molar-refractivity contribution in [1.82, 2.24) is 14.6 Å². The Morgan fingerprint density at radius 1 is 0.889 bits per heavy atom. The van der Waals surface area contributed by atoms with Crippen molar-refractivity contribution in [3.63, 3.8) is 0 Å². The molecule has 1 saturated heterocycles. The molecular weight excluding hydrogens is 729 g/mol. The first-order valence-electron chi connectivity index (χ1n) is 16.7. The number of piperazine rings is 1. The molecule has 0 spiro atoms. The number of anilines is 2. The smallest absolute Gasteiger partial charge is 0.293 e. The van der Waals surface area contributed by atoms with Gasteiger partial charge in [-0.1, -0.05) is 42.2 Å². The van der Waals surface area contributed by atoms with E-state index >= 15 is 0 Å². The number of nitro groups is 1. The molecule has 6 rings (SSSR count). The number of hydrogen-bond acceptors (Lipinski definition) is 11. The molecule has 2 heterocycles. The number of pyridine rings is 1. The van der Waals surface area contributed by atoms with E-state index in [-0.39, 0.29) is 22.9 Å². The van der Waals surface area contributed by atoms with Gasteiger partial charge in [0.25, 0.3) is 27.5 Å². The third kappa shape index (κ3) is 9.34. The number of nitrogens with zero attached hydrogens (tertiary/aromatic N) is 4. The summed E-state index contributed by atoms with van der Waals surface area (Å²) in [7, 11) is -4.44. The Kier molecular flexibility index (Phi) is 11.8. The number of benzene rings is 4. The Bertz CT molecular complexity index is 2340. The maximum atomic E-state index is 13.5. The van der Waals surface area contributed by atoms with Crippen molar-refractivity contribution in [1.29, 1.82) is 0 Å². The highest BCUT2D eigenvalue weighted by Gasteiger charge is 2.26. The van der Waals surface area contributed by atoms with Gasteiger partial charge in [0.1, 0.15) is 11.4 Å².